The predicted molar refractivity (Wildman–Crippen MR) is 90.4 cm³/mol. The molecule has 3 rings (SSSR count). The maximum absolute atomic E-state index is 4.75. The fourth-order valence-electron chi connectivity index (χ4n) is 2.65. The summed E-state index contributed by atoms with van der Waals surface area (Å²) in [6.07, 6.45) is 5.05. The number of aryl methyl sites for hydroxylation is 1. The Labute approximate surface area is 126 Å². The molecule has 0 spiro atoms. The fourth-order valence-corrected chi connectivity index (χ4v) is 2.65. The first kappa shape index (κ1) is 13.8. The van der Waals surface area contributed by atoms with Crippen molar-refractivity contribution in [1.82, 2.24) is 4.98 Å². The SMILES string of the molecule is CCCCCc1ccc(-c2ccc3ccccc3n2)cc1. The zero-order valence-electron chi connectivity index (χ0n) is 12.5. The van der Waals surface area contributed by atoms with Gasteiger partial charge in [0.1, 0.15) is 0 Å². The van der Waals surface area contributed by atoms with Crippen molar-refractivity contribution in [2.24, 2.45) is 0 Å². The van der Waals surface area contributed by atoms with Gasteiger partial charge in [-0.2, -0.15) is 0 Å². The average Bonchev–Trinajstić information content (AvgIpc) is 2.55. The van der Waals surface area contributed by atoms with Crippen LogP contribution in [0.4, 0.5) is 0 Å². The minimum absolute atomic E-state index is 1.05. The van der Waals surface area contributed by atoms with Gasteiger partial charge < -0.3 is 0 Å². The first-order valence-electron chi connectivity index (χ1n) is 7.82. The summed E-state index contributed by atoms with van der Waals surface area (Å²) in [5.74, 6) is 0. The zero-order chi connectivity index (χ0) is 14.5. The zero-order valence-corrected chi connectivity index (χ0v) is 12.5. The summed E-state index contributed by atoms with van der Waals surface area (Å²) >= 11 is 0. The monoisotopic (exact) mass is 275 g/mol. The number of rotatable bonds is 5. The van der Waals surface area contributed by atoms with Gasteiger partial charge in [0, 0.05) is 10.9 Å². The van der Waals surface area contributed by atoms with E-state index in [2.05, 4.69) is 61.5 Å². The van der Waals surface area contributed by atoms with Gasteiger partial charge in [0.25, 0.3) is 0 Å². The van der Waals surface area contributed by atoms with Gasteiger partial charge in [0.15, 0.2) is 0 Å². The third kappa shape index (κ3) is 3.30. The lowest BCUT2D eigenvalue weighted by Crippen LogP contribution is -1.88. The van der Waals surface area contributed by atoms with Crippen LogP contribution < -0.4 is 0 Å². The average molecular weight is 275 g/mol. The maximum Gasteiger partial charge on any atom is 0.0709 e. The molecule has 21 heavy (non-hydrogen) atoms. The van der Waals surface area contributed by atoms with E-state index in [1.54, 1.807) is 0 Å². The van der Waals surface area contributed by atoms with Crippen LogP contribution in [0.3, 0.4) is 0 Å². The summed E-state index contributed by atoms with van der Waals surface area (Å²) in [6.45, 7) is 2.24. The molecule has 0 fully saturated rings. The van der Waals surface area contributed by atoms with E-state index in [0.29, 0.717) is 0 Å². The molecule has 1 heterocycles. The lowest BCUT2D eigenvalue weighted by molar-refractivity contribution is 0.717. The quantitative estimate of drug-likeness (QED) is 0.549. The molecule has 0 aliphatic carbocycles. The molecule has 0 N–H and O–H groups in total. The van der Waals surface area contributed by atoms with Gasteiger partial charge in [0.05, 0.1) is 11.2 Å². The summed E-state index contributed by atoms with van der Waals surface area (Å²) in [5, 5.41) is 1.19. The summed E-state index contributed by atoms with van der Waals surface area (Å²) < 4.78 is 0. The Hall–Kier alpha value is -2.15. The van der Waals surface area contributed by atoms with Crippen LogP contribution in [-0.2, 0) is 6.42 Å². The number of fused-ring (bicyclic) bond motifs is 1. The molecule has 0 saturated carbocycles. The van der Waals surface area contributed by atoms with E-state index >= 15 is 0 Å². The number of benzene rings is 2. The highest BCUT2D eigenvalue weighted by Crippen LogP contribution is 2.21. The van der Waals surface area contributed by atoms with Crippen LogP contribution in [0.25, 0.3) is 22.2 Å². The molecule has 0 bridgehead atoms. The number of unbranched alkanes of at least 4 members (excludes halogenated alkanes) is 2. The van der Waals surface area contributed by atoms with Gasteiger partial charge in [-0.1, -0.05) is 68.3 Å². The van der Waals surface area contributed by atoms with Crippen molar-refractivity contribution in [3.63, 3.8) is 0 Å². The molecule has 0 unspecified atom stereocenters. The topological polar surface area (TPSA) is 12.9 Å². The Kier molecular flexibility index (Phi) is 4.30. The van der Waals surface area contributed by atoms with Crippen LogP contribution in [0.1, 0.15) is 31.7 Å². The van der Waals surface area contributed by atoms with Crippen molar-refractivity contribution in [1.29, 1.82) is 0 Å². The van der Waals surface area contributed by atoms with E-state index in [-0.39, 0.29) is 0 Å². The first-order valence-corrected chi connectivity index (χ1v) is 7.82. The number of nitrogens with zero attached hydrogens (tertiary/aromatic N) is 1. The summed E-state index contributed by atoms with van der Waals surface area (Å²) in [4.78, 5) is 4.75. The third-order valence-electron chi connectivity index (χ3n) is 3.92. The number of pyridine rings is 1. The van der Waals surface area contributed by atoms with E-state index < -0.39 is 0 Å². The van der Waals surface area contributed by atoms with Gasteiger partial charge in [0.2, 0.25) is 0 Å². The summed E-state index contributed by atoms with van der Waals surface area (Å²) in [6, 6.07) is 21.4. The Morgan fingerprint density at radius 2 is 1.62 bits per heavy atom. The molecule has 2 aromatic carbocycles. The van der Waals surface area contributed by atoms with Crippen LogP contribution >= 0.6 is 0 Å². The van der Waals surface area contributed by atoms with Gasteiger partial charge in [-0.3, -0.25) is 0 Å². The third-order valence-corrected chi connectivity index (χ3v) is 3.92. The van der Waals surface area contributed by atoms with E-state index in [9.17, 15) is 0 Å². The molecule has 0 saturated heterocycles. The number of para-hydroxylation sites is 1. The molecule has 1 aromatic heterocycles. The molecule has 106 valence electrons. The normalized spacial score (nSPS) is 10.9. The van der Waals surface area contributed by atoms with E-state index in [4.69, 9.17) is 4.98 Å². The van der Waals surface area contributed by atoms with Crippen LogP contribution in [0, 0.1) is 0 Å². The highest BCUT2D eigenvalue weighted by molar-refractivity contribution is 5.81. The van der Waals surface area contributed by atoms with Crippen LogP contribution in [0.2, 0.25) is 0 Å². The Morgan fingerprint density at radius 3 is 2.43 bits per heavy atom. The number of hydrogen-bond acceptors (Lipinski definition) is 1. The van der Waals surface area contributed by atoms with Crippen LogP contribution in [-0.4, -0.2) is 4.98 Å². The minimum Gasteiger partial charge on any atom is -0.248 e. The second-order valence-corrected chi connectivity index (χ2v) is 5.54. The maximum atomic E-state index is 4.75. The van der Waals surface area contributed by atoms with Gasteiger partial charge in [-0.25, -0.2) is 4.98 Å². The highest BCUT2D eigenvalue weighted by atomic mass is 14.7. The molecule has 1 heteroatoms. The Morgan fingerprint density at radius 1 is 0.810 bits per heavy atom. The lowest BCUT2D eigenvalue weighted by atomic mass is 10.0. The molecule has 0 amide bonds. The van der Waals surface area contributed by atoms with Gasteiger partial charge >= 0.3 is 0 Å². The van der Waals surface area contributed by atoms with Gasteiger partial charge in [-0.15, -0.1) is 0 Å². The lowest BCUT2D eigenvalue weighted by Gasteiger charge is -2.05. The predicted octanol–water partition coefficient (Wildman–Crippen LogP) is 5.63. The summed E-state index contributed by atoms with van der Waals surface area (Å²) in [5.41, 5.74) is 4.73. The first-order chi connectivity index (χ1) is 10.4. The molecule has 0 aliphatic rings. The molecular formula is C20H21N. The minimum atomic E-state index is 1.05. The summed E-state index contributed by atoms with van der Waals surface area (Å²) in [7, 11) is 0. The van der Waals surface area contributed by atoms with E-state index in [0.717, 1.165) is 11.2 Å². The second-order valence-electron chi connectivity index (χ2n) is 5.54. The Balaban J connectivity index is 1.81. The standard InChI is InChI=1S/C20H21N/c1-2-3-4-7-16-10-12-18(13-11-16)20-15-14-17-8-5-6-9-19(17)21-20/h5-6,8-15H,2-4,7H2,1H3. The highest BCUT2D eigenvalue weighted by Gasteiger charge is 2.01. The Bertz CT molecular complexity index is 713. The second kappa shape index (κ2) is 6.53. The molecule has 3 aromatic rings. The smallest absolute Gasteiger partial charge is 0.0709 e. The largest absolute Gasteiger partial charge is 0.248 e. The van der Waals surface area contributed by atoms with Crippen molar-refractivity contribution in [2.75, 3.05) is 0 Å². The molecule has 0 aliphatic heterocycles. The molecular weight excluding hydrogens is 254 g/mol. The van der Waals surface area contributed by atoms with Crippen molar-refractivity contribution >= 4 is 10.9 Å². The molecule has 0 atom stereocenters. The van der Waals surface area contributed by atoms with Crippen LogP contribution in [0.15, 0.2) is 60.7 Å². The van der Waals surface area contributed by atoms with Crippen LogP contribution in [0.5, 0.6) is 0 Å². The van der Waals surface area contributed by atoms with E-state index in [1.165, 1.54) is 42.2 Å². The molecule has 0 radical (unpaired) electrons. The molecule has 1 nitrogen and oxygen atoms in total. The van der Waals surface area contributed by atoms with Gasteiger partial charge in [-0.05, 0) is 30.5 Å². The van der Waals surface area contributed by atoms with E-state index in [1.807, 2.05) is 6.07 Å². The van der Waals surface area contributed by atoms with Crippen molar-refractivity contribution < 1.29 is 0 Å². The van der Waals surface area contributed by atoms with Crippen molar-refractivity contribution in [3.8, 4) is 11.3 Å². The number of hydrogen-bond donors (Lipinski definition) is 0. The van der Waals surface area contributed by atoms with Crippen molar-refractivity contribution in [3.05, 3.63) is 66.2 Å². The number of aromatic nitrogens is 1. The van der Waals surface area contributed by atoms with Crippen molar-refractivity contribution in [2.45, 2.75) is 32.6 Å². The fraction of sp³-hybridized carbons (Fsp3) is 0.250.